The topological polar surface area (TPSA) is 46.6 Å². The molecule has 0 saturated carbocycles. The molecule has 2 rings (SSSR count). The maximum atomic E-state index is 12.1. The number of esters is 1. The van der Waals surface area contributed by atoms with Gasteiger partial charge < -0.3 is 9.64 Å². The molecule has 1 heterocycles. The van der Waals surface area contributed by atoms with Gasteiger partial charge >= 0.3 is 5.97 Å². The summed E-state index contributed by atoms with van der Waals surface area (Å²) < 4.78 is 5.28. The lowest BCUT2D eigenvalue weighted by Gasteiger charge is -2.25. The molecule has 4 heteroatoms. The van der Waals surface area contributed by atoms with Crippen LogP contribution in [0, 0.1) is 6.42 Å². The standard InChI is InChI=1S/C16H19NO3/c1-16(2,3)20-15(19)11-17-13-9-5-4-7-12(13)8-6-10-14(17)18/h4-5,7,9H,6,8,11H2,1-3H3. The van der Waals surface area contributed by atoms with Crippen LogP contribution in [0.15, 0.2) is 24.3 Å². The maximum Gasteiger partial charge on any atom is 0.326 e. The molecule has 20 heavy (non-hydrogen) atoms. The molecule has 0 bridgehead atoms. The lowest BCUT2D eigenvalue weighted by atomic mass is 10.1. The van der Waals surface area contributed by atoms with Crippen molar-refractivity contribution in [2.75, 3.05) is 11.4 Å². The van der Waals surface area contributed by atoms with E-state index in [1.165, 1.54) is 4.90 Å². The predicted octanol–water partition coefficient (Wildman–Crippen LogP) is 2.39. The fourth-order valence-corrected chi connectivity index (χ4v) is 2.15. The molecular formula is C16H19NO3. The molecule has 0 spiro atoms. The molecule has 1 aliphatic heterocycles. The van der Waals surface area contributed by atoms with E-state index >= 15 is 0 Å². The van der Waals surface area contributed by atoms with Crippen LogP contribution in [0.5, 0.6) is 0 Å². The number of hydrogen-bond acceptors (Lipinski definition) is 3. The van der Waals surface area contributed by atoms with Crippen molar-refractivity contribution in [1.29, 1.82) is 0 Å². The van der Waals surface area contributed by atoms with Crippen molar-refractivity contribution < 1.29 is 14.3 Å². The van der Waals surface area contributed by atoms with Gasteiger partial charge in [-0.05, 0) is 45.2 Å². The zero-order valence-corrected chi connectivity index (χ0v) is 12.1. The first-order chi connectivity index (χ1) is 9.37. The Morgan fingerprint density at radius 2 is 2.05 bits per heavy atom. The molecule has 0 N–H and O–H groups in total. The Hall–Kier alpha value is -1.84. The average molecular weight is 273 g/mol. The predicted molar refractivity (Wildman–Crippen MR) is 76.2 cm³/mol. The highest BCUT2D eigenvalue weighted by molar-refractivity contribution is 6.03. The number of carbonyl (C=O) groups excluding carboxylic acids is 2. The molecule has 106 valence electrons. The maximum absolute atomic E-state index is 12.1. The first-order valence-corrected chi connectivity index (χ1v) is 6.72. The summed E-state index contributed by atoms with van der Waals surface area (Å²) in [5.41, 5.74) is 1.27. The summed E-state index contributed by atoms with van der Waals surface area (Å²) in [5.74, 6) is -0.676. The van der Waals surface area contributed by atoms with Crippen LogP contribution in [0.1, 0.15) is 32.8 Å². The Kier molecular flexibility index (Phi) is 4.12. The van der Waals surface area contributed by atoms with E-state index in [0.29, 0.717) is 6.42 Å². The van der Waals surface area contributed by atoms with E-state index in [4.69, 9.17) is 4.74 Å². The Bertz CT molecular complexity index is 517. The number of anilines is 1. The minimum atomic E-state index is -0.557. The van der Waals surface area contributed by atoms with Crippen LogP contribution in [0.2, 0.25) is 0 Å². The summed E-state index contributed by atoms with van der Waals surface area (Å²) in [7, 11) is 0. The van der Waals surface area contributed by atoms with Crippen molar-refractivity contribution >= 4 is 17.6 Å². The van der Waals surface area contributed by atoms with Gasteiger partial charge in [0.2, 0.25) is 5.91 Å². The Labute approximate surface area is 119 Å². The molecule has 1 aromatic carbocycles. The van der Waals surface area contributed by atoms with Gasteiger partial charge in [0.05, 0.1) is 6.42 Å². The molecule has 0 atom stereocenters. The van der Waals surface area contributed by atoms with E-state index in [1.807, 2.05) is 24.3 Å². The van der Waals surface area contributed by atoms with Gasteiger partial charge in [0.25, 0.3) is 0 Å². The number of aryl methyl sites for hydroxylation is 1. The van der Waals surface area contributed by atoms with Crippen molar-refractivity contribution in [2.45, 2.75) is 39.2 Å². The van der Waals surface area contributed by atoms with E-state index < -0.39 is 11.6 Å². The lowest BCUT2D eigenvalue weighted by molar-refractivity contribution is -0.153. The third kappa shape index (κ3) is 3.59. The van der Waals surface area contributed by atoms with Gasteiger partial charge in [-0.3, -0.25) is 9.59 Å². The summed E-state index contributed by atoms with van der Waals surface area (Å²) in [6.45, 7) is 5.34. The van der Waals surface area contributed by atoms with Gasteiger partial charge in [-0.15, -0.1) is 0 Å². The number of fused-ring (bicyclic) bond motifs is 1. The lowest BCUT2D eigenvalue weighted by Crippen LogP contribution is -2.38. The third-order valence-corrected chi connectivity index (χ3v) is 2.91. The molecule has 1 aromatic rings. The number of rotatable bonds is 2. The zero-order chi connectivity index (χ0) is 14.8. The summed E-state index contributed by atoms with van der Waals surface area (Å²) >= 11 is 0. The number of amides is 1. The summed E-state index contributed by atoms with van der Waals surface area (Å²) in [6.07, 6.45) is 4.12. The number of benzene rings is 1. The molecule has 1 amide bonds. The molecular weight excluding hydrogens is 254 g/mol. The second kappa shape index (κ2) is 5.65. The van der Waals surface area contributed by atoms with Gasteiger partial charge in [-0.25, -0.2) is 0 Å². The average Bonchev–Trinajstić information content (AvgIpc) is 2.48. The first-order valence-electron chi connectivity index (χ1n) is 6.72. The SMILES string of the molecule is CC(C)(C)OC(=O)CN1C(=O)[C]CCc2ccccc21. The monoisotopic (exact) mass is 273 g/mol. The second-order valence-corrected chi connectivity index (χ2v) is 5.78. The Balaban J connectivity index is 2.21. The van der Waals surface area contributed by atoms with Crippen LogP contribution in [0.3, 0.4) is 0 Å². The van der Waals surface area contributed by atoms with Gasteiger partial charge in [0, 0.05) is 5.69 Å². The normalized spacial score (nSPS) is 15.6. The quantitative estimate of drug-likeness (QED) is 0.777. The minimum absolute atomic E-state index is 0.0832. The van der Waals surface area contributed by atoms with E-state index in [1.54, 1.807) is 20.8 Å². The fourth-order valence-electron chi connectivity index (χ4n) is 2.15. The summed E-state index contributed by atoms with van der Waals surface area (Å²) in [5, 5.41) is 0. The van der Waals surface area contributed by atoms with Crippen LogP contribution in [0.25, 0.3) is 0 Å². The molecule has 0 aromatic heterocycles. The number of para-hydroxylation sites is 1. The third-order valence-electron chi connectivity index (χ3n) is 2.91. The number of hydrogen-bond donors (Lipinski definition) is 0. The van der Waals surface area contributed by atoms with E-state index in [0.717, 1.165) is 17.7 Å². The molecule has 0 aliphatic carbocycles. The zero-order valence-electron chi connectivity index (χ0n) is 12.1. The largest absolute Gasteiger partial charge is 0.459 e. The van der Waals surface area contributed by atoms with Gasteiger partial charge in [-0.2, -0.15) is 0 Å². The van der Waals surface area contributed by atoms with Crippen LogP contribution < -0.4 is 4.90 Å². The molecule has 4 nitrogen and oxygen atoms in total. The smallest absolute Gasteiger partial charge is 0.326 e. The molecule has 0 saturated heterocycles. The summed E-state index contributed by atoms with van der Waals surface area (Å²) in [4.78, 5) is 25.5. The summed E-state index contributed by atoms with van der Waals surface area (Å²) in [6, 6.07) is 7.61. The molecule has 1 aliphatic rings. The Morgan fingerprint density at radius 3 is 2.75 bits per heavy atom. The fraction of sp³-hybridized carbons (Fsp3) is 0.438. The van der Waals surface area contributed by atoms with Crippen molar-refractivity contribution in [2.24, 2.45) is 0 Å². The number of ether oxygens (including phenoxy) is 1. The highest BCUT2D eigenvalue weighted by Gasteiger charge is 2.26. The van der Waals surface area contributed by atoms with Crippen LogP contribution in [-0.2, 0) is 20.7 Å². The van der Waals surface area contributed by atoms with Crippen molar-refractivity contribution in [3.8, 4) is 0 Å². The highest BCUT2D eigenvalue weighted by Crippen LogP contribution is 2.26. The minimum Gasteiger partial charge on any atom is -0.459 e. The molecule has 0 unspecified atom stereocenters. The van der Waals surface area contributed by atoms with E-state index in [9.17, 15) is 9.59 Å². The van der Waals surface area contributed by atoms with Crippen molar-refractivity contribution in [3.63, 3.8) is 0 Å². The second-order valence-electron chi connectivity index (χ2n) is 5.78. The number of carbonyl (C=O) groups is 2. The Morgan fingerprint density at radius 1 is 1.35 bits per heavy atom. The van der Waals surface area contributed by atoms with Gasteiger partial charge in [0.15, 0.2) is 0 Å². The first kappa shape index (κ1) is 14.6. The van der Waals surface area contributed by atoms with Crippen LogP contribution >= 0.6 is 0 Å². The van der Waals surface area contributed by atoms with Crippen molar-refractivity contribution in [1.82, 2.24) is 0 Å². The van der Waals surface area contributed by atoms with Crippen molar-refractivity contribution in [3.05, 3.63) is 36.2 Å². The van der Waals surface area contributed by atoms with E-state index in [2.05, 4.69) is 6.42 Å². The molecule has 0 fully saturated rings. The molecule has 2 radical (unpaired) electrons. The highest BCUT2D eigenvalue weighted by atomic mass is 16.6. The number of nitrogens with zero attached hydrogens (tertiary/aromatic N) is 1. The van der Waals surface area contributed by atoms with Gasteiger partial charge in [0.1, 0.15) is 12.1 Å². The van der Waals surface area contributed by atoms with Gasteiger partial charge in [-0.1, -0.05) is 18.2 Å². The van der Waals surface area contributed by atoms with Crippen LogP contribution in [-0.4, -0.2) is 24.0 Å². The van der Waals surface area contributed by atoms with E-state index in [-0.39, 0.29) is 12.5 Å². The van der Waals surface area contributed by atoms with Crippen LogP contribution in [0.4, 0.5) is 5.69 Å².